The highest BCUT2D eigenvalue weighted by atomic mass is 16.3. The summed E-state index contributed by atoms with van der Waals surface area (Å²) in [7, 11) is 0. The zero-order valence-corrected chi connectivity index (χ0v) is 8.54. The van der Waals surface area contributed by atoms with E-state index in [0.717, 1.165) is 0 Å². The molecule has 0 aliphatic rings. The molecule has 3 heteroatoms. The van der Waals surface area contributed by atoms with Crippen LogP contribution in [0.2, 0.25) is 0 Å². The molecule has 3 nitrogen and oxygen atoms in total. The Balaban J connectivity index is 4.02. The normalized spacial score (nSPS) is 13.0. The van der Waals surface area contributed by atoms with E-state index in [1.165, 1.54) is 13.8 Å². The van der Waals surface area contributed by atoms with E-state index in [-0.39, 0.29) is 17.5 Å². The van der Waals surface area contributed by atoms with Gasteiger partial charge in [0.05, 0.1) is 6.10 Å². The SMILES string of the molecule is CC(=O)CC(CC(C)=O)CC(C)O. The maximum absolute atomic E-state index is 10.8. The van der Waals surface area contributed by atoms with Crippen LogP contribution in [0.25, 0.3) is 0 Å². The number of Topliss-reactive ketones (excluding diaryl/α,β-unsaturated/α-hetero) is 2. The molecule has 0 amide bonds. The first-order valence-corrected chi connectivity index (χ1v) is 4.58. The lowest BCUT2D eigenvalue weighted by atomic mass is 9.92. The van der Waals surface area contributed by atoms with Crippen LogP contribution in [0.5, 0.6) is 0 Å². The molecule has 0 heterocycles. The van der Waals surface area contributed by atoms with Crippen molar-refractivity contribution in [1.82, 2.24) is 0 Å². The summed E-state index contributed by atoms with van der Waals surface area (Å²) in [5.41, 5.74) is 0. The molecule has 0 aromatic rings. The minimum Gasteiger partial charge on any atom is -0.393 e. The molecule has 76 valence electrons. The van der Waals surface area contributed by atoms with E-state index < -0.39 is 6.10 Å². The van der Waals surface area contributed by atoms with E-state index in [2.05, 4.69) is 0 Å². The van der Waals surface area contributed by atoms with Crippen molar-refractivity contribution in [1.29, 1.82) is 0 Å². The summed E-state index contributed by atoms with van der Waals surface area (Å²) in [4.78, 5) is 21.6. The lowest BCUT2D eigenvalue weighted by Crippen LogP contribution is -2.15. The predicted molar refractivity (Wildman–Crippen MR) is 50.4 cm³/mol. The second kappa shape index (κ2) is 5.86. The lowest BCUT2D eigenvalue weighted by Gasteiger charge is -2.15. The van der Waals surface area contributed by atoms with Crippen molar-refractivity contribution in [3.05, 3.63) is 0 Å². The van der Waals surface area contributed by atoms with Gasteiger partial charge in [0.15, 0.2) is 0 Å². The molecule has 1 atom stereocenters. The Morgan fingerprint density at radius 2 is 1.54 bits per heavy atom. The summed E-state index contributed by atoms with van der Waals surface area (Å²) < 4.78 is 0. The highest BCUT2D eigenvalue weighted by molar-refractivity contribution is 5.79. The van der Waals surface area contributed by atoms with Gasteiger partial charge in [0.1, 0.15) is 11.6 Å². The monoisotopic (exact) mass is 186 g/mol. The van der Waals surface area contributed by atoms with Crippen molar-refractivity contribution in [2.24, 2.45) is 5.92 Å². The zero-order valence-electron chi connectivity index (χ0n) is 8.54. The third-order valence-corrected chi connectivity index (χ3v) is 1.83. The Labute approximate surface area is 79.1 Å². The number of ketones is 2. The van der Waals surface area contributed by atoms with E-state index in [1.807, 2.05) is 0 Å². The fourth-order valence-corrected chi connectivity index (χ4v) is 1.53. The minimum absolute atomic E-state index is 0.00926. The van der Waals surface area contributed by atoms with Crippen LogP contribution in [0.4, 0.5) is 0 Å². The van der Waals surface area contributed by atoms with Gasteiger partial charge in [0, 0.05) is 12.8 Å². The van der Waals surface area contributed by atoms with Crippen LogP contribution in [-0.2, 0) is 9.59 Å². The molecular weight excluding hydrogens is 168 g/mol. The summed E-state index contributed by atoms with van der Waals surface area (Å²) >= 11 is 0. The molecule has 0 bridgehead atoms. The molecule has 0 fully saturated rings. The number of aliphatic hydroxyl groups excluding tert-OH is 1. The van der Waals surface area contributed by atoms with E-state index in [4.69, 9.17) is 5.11 Å². The molecule has 0 aromatic heterocycles. The Bertz CT molecular complexity index is 169. The average molecular weight is 186 g/mol. The summed E-state index contributed by atoms with van der Waals surface area (Å²) in [6, 6.07) is 0. The van der Waals surface area contributed by atoms with Gasteiger partial charge < -0.3 is 14.7 Å². The number of aliphatic hydroxyl groups is 1. The molecule has 13 heavy (non-hydrogen) atoms. The predicted octanol–water partition coefficient (Wildman–Crippen LogP) is 1.33. The third kappa shape index (κ3) is 7.65. The summed E-state index contributed by atoms with van der Waals surface area (Å²) in [6.07, 6.45) is 0.873. The first-order chi connectivity index (χ1) is 5.91. The lowest BCUT2D eigenvalue weighted by molar-refractivity contribution is -0.120. The largest absolute Gasteiger partial charge is 0.393 e. The average Bonchev–Trinajstić information content (AvgIpc) is 1.80. The number of carbonyl (C=O) groups is 2. The number of hydrogen-bond acceptors (Lipinski definition) is 3. The molecule has 0 aliphatic heterocycles. The number of hydrogen-bond donors (Lipinski definition) is 1. The smallest absolute Gasteiger partial charge is 0.130 e. The Morgan fingerprint density at radius 3 is 1.77 bits per heavy atom. The van der Waals surface area contributed by atoms with Gasteiger partial charge in [-0.1, -0.05) is 0 Å². The molecule has 0 aromatic carbocycles. The van der Waals surface area contributed by atoms with Crippen molar-refractivity contribution in [2.45, 2.75) is 46.1 Å². The van der Waals surface area contributed by atoms with Gasteiger partial charge in [-0.25, -0.2) is 0 Å². The molecular formula is C10H18O3. The minimum atomic E-state index is -0.441. The quantitative estimate of drug-likeness (QED) is 0.681. The maximum Gasteiger partial charge on any atom is 0.130 e. The van der Waals surface area contributed by atoms with Gasteiger partial charge in [-0.3, -0.25) is 0 Å². The van der Waals surface area contributed by atoms with Crippen molar-refractivity contribution in [2.75, 3.05) is 0 Å². The van der Waals surface area contributed by atoms with Crippen LogP contribution in [0.3, 0.4) is 0 Å². The molecule has 0 rings (SSSR count). The van der Waals surface area contributed by atoms with Gasteiger partial charge in [-0.2, -0.15) is 0 Å². The Kier molecular flexibility index (Phi) is 5.55. The topological polar surface area (TPSA) is 54.4 Å². The Hall–Kier alpha value is -0.700. The summed E-state index contributed by atoms with van der Waals surface area (Å²) in [6.45, 7) is 4.69. The van der Waals surface area contributed by atoms with E-state index in [0.29, 0.717) is 19.3 Å². The fourth-order valence-electron chi connectivity index (χ4n) is 1.53. The highest BCUT2D eigenvalue weighted by Gasteiger charge is 2.15. The van der Waals surface area contributed by atoms with Gasteiger partial charge in [-0.05, 0) is 33.1 Å². The summed E-state index contributed by atoms with van der Waals surface area (Å²) in [5, 5.41) is 9.13. The van der Waals surface area contributed by atoms with Gasteiger partial charge in [-0.15, -0.1) is 0 Å². The number of carbonyl (C=O) groups excluding carboxylic acids is 2. The number of rotatable bonds is 6. The highest BCUT2D eigenvalue weighted by Crippen LogP contribution is 2.16. The second-order valence-corrected chi connectivity index (χ2v) is 3.76. The van der Waals surface area contributed by atoms with Crippen molar-refractivity contribution in [3.8, 4) is 0 Å². The van der Waals surface area contributed by atoms with Crippen LogP contribution in [0, 0.1) is 5.92 Å². The molecule has 0 spiro atoms. The third-order valence-electron chi connectivity index (χ3n) is 1.83. The second-order valence-electron chi connectivity index (χ2n) is 3.76. The zero-order chi connectivity index (χ0) is 10.4. The first kappa shape index (κ1) is 12.3. The van der Waals surface area contributed by atoms with Gasteiger partial charge in [0.2, 0.25) is 0 Å². The van der Waals surface area contributed by atoms with Crippen LogP contribution in [0.15, 0.2) is 0 Å². The van der Waals surface area contributed by atoms with Crippen molar-refractivity contribution >= 4 is 11.6 Å². The van der Waals surface area contributed by atoms with Gasteiger partial charge in [0.25, 0.3) is 0 Å². The van der Waals surface area contributed by atoms with Crippen molar-refractivity contribution < 1.29 is 14.7 Å². The van der Waals surface area contributed by atoms with E-state index >= 15 is 0 Å². The van der Waals surface area contributed by atoms with E-state index in [1.54, 1.807) is 6.92 Å². The fraction of sp³-hybridized carbons (Fsp3) is 0.800. The molecule has 1 unspecified atom stereocenters. The molecule has 1 N–H and O–H groups in total. The van der Waals surface area contributed by atoms with Crippen LogP contribution >= 0.6 is 0 Å². The molecule has 0 saturated carbocycles. The van der Waals surface area contributed by atoms with E-state index in [9.17, 15) is 9.59 Å². The summed E-state index contributed by atoms with van der Waals surface area (Å²) in [5.74, 6) is 0.161. The molecule has 0 saturated heterocycles. The van der Waals surface area contributed by atoms with Crippen LogP contribution < -0.4 is 0 Å². The van der Waals surface area contributed by atoms with Crippen LogP contribution in [0.1, 0.15) is 40.0 Å². The molecule has 0 radical (unpaired) electrons. The van der Waals surface area contributed by atoms with Gasteiger partial charge >= 0.3 is 0 Å². The Morgan fingerprint density at radius 1 is 1.15 bits per heavy atom. The van der Waals surface area contributed by atoms with Crippen molar-refractivity contribution in [3.63, 3.8) is 0 Å². The van der Waals surface area contributed by atoms with Crippen LogP contribution in [-0.4, -0.2) is 22.8 Å². The maximum atomic E-state index is 10.8. The first-order valence-electron chi connectivity index (χ1n) is 4.58. The standard InChI is InChI=1S/C10H18O3/c1-7(11)4-10(5-8(2)12)6-9(3)13/h7,10-11H,4-6H2,1-3H3. The molecule has 0 aliphatic carbocycles.